The van der Waals surface area contributed by atoms with E-state index >= 15 is 0 Å². The Bertz CT molecular complexity index is 490. The summed E-state index contributed by atoms with van der Waals surface area (Å²) in [5, 5.41) is 0.430. The van der Waals surface area contributed by atoms with E-state index in [4.69, 9.17) is 16.3 Å². The molecule has 0 bridgehead atoms. The molecule has 0 aliphatic heterocycles. The van der Waals surface area contributed by atoms with E-state index < -0.39 is 0 Å². The summed E-state index contributed by atoms with van der Waals surface area (Å²) in [5.41, 5.74) is 0. The zero-order valence-corrected chi connectivity index (χ0v) is 10.3. The first kappa shape index (κ1) is 11.3. The van der Waals surface area contributed by atoms with E-state index in [-0.39, 0.29) is 0 Å². The van der Waals surface area contributed by atoms with Gasteiger partial charge < -0.3 is 4.74 Å². The van der Waals surface area contributed by atoms with Crippen LogP contribution in [0.15, 0.2) is 47.5 Å². The van der Waals surface area contributed by atoms with Crippen LogP contribution in [-0.4, -0.2) is 11.2 Å². The van der Waals surface area contributed by atoms with Crippen molar-refractivity contribution in [2.24, 2.45) is 0 Å². The van der Waals surface area contributed by atoms with Gasteiger partial charge in [-0.25, -0.2) is 4.98 Å². The number of halogens is 1. The highest BCUT2D eigenvalue weighted by Gasteiger charge is 2.03. The number of thioether (sulfide) groups is 1. The molecule has 0 radical (unpaired) electrons. The molecule has 2 rings (SSSR count). The molecule has 2 aromatic rings. The zero-order chi connectivity index (χ0) is 11.4. The molecule has 0 spiro atoms. The number of ether oxygens (including phenoxy) is 1. The molecule has 4 heteroatoms. The predicted octanol–water partition coefficient (Wildman–Crippen LogP) is 4.25. The summed E-state index contributed by atoms with van der Waals surface area (Å²) < 4.78 is 5.74. The van der Waals surface area contributed by atoms with Crippen molar-refractivity contribution >= 4 is 23.4 Å². The molecule has 0 aliphatic rings. The molecule has 2 nitrogen and oxygen atoms in total. The minimum atomic E-state index is 0.430. The van der Waals surface area contributed by atoms with Gasteiger partial charge in [0.05, 0.1) is 0 Å². The Balaban J connectivity index is 2.26. The number of hydrogen-bond donors (Lipinski definition) is 0. The molecule has 0 saturated heterocycles. The fourth-order valence-corrected chi connectivity index (χ4v) is 1.97. The molecule has 0 atom stereocenters. The summed E-state index contributed by atoms with van der Waals surface area (Å²) >= 11 is 7.43. The number of pyridine rings is 1. The molecule has 1 heterocycles. The molecule has 0 aliphatic carbocycles. The molecule has 16 heavy (non-hydrogen) atoms. The summed E-state index contributed by atoms with van der Waals surface area (Å²) in [7, 11) is 0. The Morgan fingerprint density at radius 2 is 2.06 bits per heavy atom. The lowest BCUT2D eigenvalue weighted by Crippen LogP contribution is -1.86. The van der Waals surface area contributed by atoms with Crippen LogP contribution < -0.4 is 4.74 Å². The van der Waals surface area contributed by atoms with Crippen LogP contribution in [0.5, 0.6) is 11.5 Å². The lowest BCUT2D eigenvalue weighted by atomic mass is 10.3. The second-order valence-corrected chi connectivity index (χ2v) is 4.30. The summed E-state index contributed by atoms with van der Waals surface area (Å²) in [5.74, 6) is 1.53. The Hall–Kier alpha value is -1.19. The van der Waals surface area contributed by atoms with Crippen molar-refractivity contribution in [3.63, 3.8) is 0 Å². The summed E-state index contributed by atoms with van der Waals surface area (Å²) in [6, 6.07) is 11.3. The third-order valence-corrected chi connectivity index (χ3v) is 2.98. The summed E-state index contributed by atoms with van der Waals surface area (Å²) in [6.45, 7) is 0. The van der Waals surface area contributed by atoms with Crippen LogP contribution >= 0.6 is 23.4 Å². The van der Waals surface area contributed by atoms with Crippen LogP contribution in [0, 0.1) is 0 Å². The van der Waals surface area contributed by atoms with Crippen LogP contribution in [0.4, 0.5) is 0 Å². The third-order valence-electron chi connectivity index (χ3n) is 1.99. The molecule has 1 aromatic heterocycles. The number of nitrogens with zero attached hydrogens (tertiary/aromatic N) is 1. The summed E-state index contributed by atoms with van der Waals surface area (Å²) in [6.07, 6.45) is 3.64. The second-order valence-electron chi connectivity index (χ2n) is 3.07. The lowest BCUT2D eigenvalue weighted by Gasteiger charge is -2.08. The lowest BCUT2D eigenvalue weighted by molar-refractivity contribution is 0.470. The smallest absolute Gasteiger partial charge is 0.140 e. The fourth-order valence-electron chi connectivity index (χ4n) is 1.28. The van der Waals surface area contributed by atoms with E-state index in [1.165, 1.54) is 0 Å². The van der Waals surface area contributed by atoms with Gasteiger partial charge in [0.2, 0.25) is 0 Å². The van der Waals surface area contributed by atoms with Crippen LogP contribution in [0.2, 0.25) is 5.15 Å². The van der Waals surface area contributed by atoms with E-state index in [0.29, 0.717) is 10.9 Å². The maximum atomic E-state index is 5.79. The fraction of sp³-hybridized carbons (Fsp3) is 0.0833. The van der Waals surface area contributed by atoms with Crippen molar-refractivity contribution in [1.29, 1.82) is 0 Å². The van der Waals surface area contributed by atoms with Gasteiger partial charge in [-0.05, 0) is 24.5 Å². The van der Waals surface area contributed by atoms with Gasteiger partial charge in [-0.2, -0.15) is 0 Å². The number of para-hydroxylation sites is 1. The van der Waals surface area contributed by atoms with E-state index in [2.05, 4.69) is 4.98 Å². The Labute approximate surface area is 104 Å². The number of aromatic nitrogens is 1. The van der Waals surface area contributed by atoms with Gasteiger partial charge >= 0.3 is 0 Å². The molecule has 1 aromatic carbocycles. The first-order valence-electron chi connectivity index (χ1n) is 4.72. The highest BCUT2D eigenvalue weighted by Crippen LogP contribution is 2.31. The van der Waals surface area contributed by atoms with Crippen molar-refractivity contribution in [2.75, 3.05) is 6.26 Å². The van der Waals surface area contributed by atoms with Crippen LogP contribution in [0.25, 0.3) is 0 Å². The second kappa shape index (κ2) is 5.23. The molecule has 0 unspecified atom stereocenters. The molecular formula is C12H10ClNOS. The third kappa shape index (κ3) is 2.68. The normalized spacial score (nSPS) is 10.1. The average molecular weight is 252 g/mol. The van der Waals surface area contributed by atoms with Gasteiger partial charge in [0.15, 0.2) is 0 Å². The van der Waals surface area contributed by atoms with Gasteiger partial charge in [0, 0.05) is 17.2 Å². The largest absolute Gasteiger partial charge is 0.456 e. The van der Waals surface area contributed by atoms with Gasteiger partial charge in [-0.1, -0.05) is 23.7 Å². The van der Waals surface area contributed by atoms with Crippen molar-refractivity contribution in [3.05, 3.63) is 47.7 Å². The van der Waals surface area contributed by atoms with Crippen molar-refractivity contribution in [1.82, 2.24) is 4.98 Å². The minimum absolute atomic E-state index is 0.430. The monoisotopic (exact) mass is 251 g/mol. The molecule has 0 fully saturated rings. The molecular weight excluding hydrogens is 242 g/mol. The molecule has 0 N–H and O–H groups in total. The molecule has 0 saturated carbocycles. The number of hydrogen-bond acceptors (Lipinski definition) is 3. The van der Waals surface area contributed by atoms with Crippen molar-refractivity contribution in [2.45, 2.75) is 4.90 Å². The minimum Gasteiger partial charge on any atom is -0.456 e. The van der Waals surface area contributed by atoms with Crippen molar-refractivity contribution < 1.29 is 4.74 Å². The van der Waals surface area contributed by atoms with E-state index in [0.717, 1.165) is 10.6 Å². The zero-order valence-electron chi connectivity index (χ0n) is 8.68. The first-order valence-corrected chi connectivity index (χ1v) is 6.32. The maximum absolute atomic E-state index is 5.79. The summed E-state index contributed by atoms with van der Waals surface area (Å²) in [4.78, 5) is 5.00. The predicted molar refractivity (Wildman–Crippen MR) is 67.5 cm³/mol. The average Bonchev–Trinajstić information content (AvgIpc) is 2.30. The Morgan fingerprint density at radius 1 is 1.25 bits per heavy atom. The van der Waals surface area contributed by atoms with Crippen LogP contribution in [-0.2, 0) is 0 Å². The van der Waals surface area contributed by atoms with Gasteiger partial charge in [0.25, 0.3) is 0 Å². The van der Waals surface area contributed by atoms with Gasteiger partial charge in [0.1, 0.15) is 16.7 Å². The highest BCUT2D eigenvalue weighted by molar-refractivity contribution is 7.98. The molecule has 0 amide bonds. The quantitative estimate of drug-likeness (QED) is 0.601. The van der Waals surface area contributed by atoms with E-state index in [9.17, 15) is 0 Å². The van der Waals surface area contributed by atoms with Gasteiger partial charge in [-0.15, -0.1) is 11.8 Å². The van der Waals surface area contributed by atoms with E-state index in [1.807, 2.05) is 30.5 Å². The number of rotatable bonds is 3. The van der Waals surface area contributed by atoms with Crippen LogP contribution in [0.1, 0.15) is 0 Å². The SMILES string of the molecule is CSc1ccccc1Oc1ccnc(Cl)c1. The highest BCUT2D eigenvalue weighted by atomic mass is 35.5. The van der Waals surface area contributed by atoms with Crippen molar-refractivity contribution in [3.8, 4) is 11.5 Å². The Morgan fingerprint density at radius 3 is 2.81 bits per heavy atom. The van der Waals surface area contributed by atoms with Crippen LogP contribution in [0.3, 0.4) is 0 Å². The topological polar surface area (TPSA) is 22.1 Å². The first-order chi connectivity index (χ1) is 7.79. The molecule has 82 valence electrons. The standard InChI is InChI=1S/C12H10ClNOS/c1-16-11-5-3-2-4-10(11)15-9-6-7-14-12(13)8-9/h2-8H,1H3. The van der Waals surface area contributed by atoms with Gasteiger partial charge in [-0.3, -0.25) is 0 Å². The van der Waals surface area contributed by atoms with E-state index in [1.54, 1.807) is 30.1 Å². The number of benzene rings is 1. The maximum Gasteiger partial charge on any atom is 0.140 e. The Kier molecular flexibility index (Phi) is 3.70.